The van der Waals surface area contributed by atoms with E-state index in [4.69, 9.17) is 15.2 Å². The number of amides is 1. The van der Waals surface area contributed by atoms with Crippen molar-refractivity contribution in [2.24, 2.45) is 0 Å². The van der Waals surface area contributed by atoms with Gasteiger partial charge >= 0.3 is 0 Å². The van der Waals surface area contributed by atoms with Gasteiger partial charge in [0.25, 0.3) is 11.5 Å². The van der Waals surface area contributed by atoms with Crippen LogP contribution in [0.4, 0.5) is 5.82 Å². The maximum atomic E-state index is 12.2. The lowest BCUT2D eigenvalue weighted by molar-refractivity contribution is 0.0953. The molecule has 0 bridgehead atoms. The maximum absolute atomic E-state index is 12.2. The summed E-state index contributed by atoms with van der Waals surface area (Å²) in [5.41, 5.74) is 5.64. The molecule has 24 heavy (non-hydrogen) atoms. The number of ether oxygens (including phenoxy) is 2. The van der Waals surface area contributed by atoms with E-state index in [1.54, 1.807) is 18.2 Å². The summed E-state index contributed by atoms with van der Waals surface area (Å²) in [7, 11) is 1.52. The molecule has 0 aliphatic heterocycles. The van der Waals surface area contributed by atoms with Crippen LogP contribution in [-0.2, 0) is 6.42 Å². The van der Waals surface area contributed by atoms with Crippen molar-refractivity contribution in [3.63, 3.8) is 0 Å². The highest BCUT2D eigenvalue weighted by Crippen LogP contribution is 2.27. The zero-order valence-corrected chi connectivity index (χ0v) is 13.6. The van der Waals surface area contributed by atoms with Gasteiger partial charge in [0.2, 0.25) is 0 Å². The summed E-state index contributed by atoms with van der Waals surface area (Å²) in [6.07, 6.45) is 0.361. The molecule has 4 N–H and O–H groups in total. The lowest BCUT2D eigenvalue weighted by atomic mass is 10.2. The first-order valence-electron chi connectivity index (χ1n) is 7.48. The van der Waals surface area contributed by atoms with E-state index < -0.39 is 0 Å². The first kappa shape index (κ1) is 17.3. The average Bonchev–Trinajstić information content (AvgIpc) is 2.54. The number of aromatic nitrogens is 2. The van der Waals surface area contributed by atoms with Crippen LogP contribution in [0.25, 0.3) is 0 Å². The van der Waals surface area contributed by atoms with E-state index in [1.165, 1.54) is 13.2 Å². The van der Waals surface area contributed by atoms with E-state index in [9.17, 15) is 9.59 Å². The molecule has 0 spiro atoms. The smallest absolute Gasteiger partial charge is 0.252 e. The maximum Gasteiger partial charge on any atom is 0.252 e. The fourth-order valence-electron chi connectivity index (χ4n) is 2.13. The van der Waals surface area contributed by atoms with Gasteiger partial charge in [-0.05, 0) is 25.1 Å². The number of aromatic amines is 1. The molecule has 1 aromatic carbocycles. The second kappa shape index (κ2) is 8.00. The zero-order chi connectivity index (χ0) is 17.5. The van der Waals surface area contributed by atoms with Gasteiger partial charge in [-0.3, -0.25) is 9.59 Å². The van der Waals surface area contributed by atoms with Gasteiger partial charge in [0, 0.05) is 24.6 Å². The summed E-state index contributed by atoms with van der Waals surface area (Å²) in [5.74, 6) is 1.38. The number of nitrogens with zero attached hydrogens (tertiary/aromatic N) is 1. The molecule has 0 radical (unpaired) electrons. The number of hydrogen-bond donors (Lipinski definition) is 3. The molecule has 0 fully saturated rings. The molecular weight excluding hydrogens is 312 g/mol. The molecule has 0 atom stereocenters. The number of nitrogens with one attached hydrogen (secondary N) is 2. The van der Waals surface area contributed by atoms with Crippen molar-refractivity contribution in [1.29, 1.82) is 0 Å². The molecule has 2 rings (SSSR count). The van der Waals surface area contributed by atoms with Crippen molar-refractivity contribution in [3.8, 4) is 11.5 Å². The Kier molecular flexibility index (Phi) is 5.78. The standard InChI is InChI=1S/C16H20N4O4/c1-3-24-11-5-4-10(8-12(11)23-2)16(22)18-7-6-14-19-13(17)9-15(21)20-14/h4-5,8-9H,3,6-7H2,1-2H3,(H,18,22)(H3,17,19,20,21). The largest absolute Gasteiger partial charge is 0.493 e. The van der Waals surface area contributed by atoms with E-state index >= 15 is 0 Å². The molecule has 0 unspecified atom stereocenters. The van der Waals surface area contributed by atoms with Gasteiger partial charge in [0.05, 0.1) is 13.7 Å². The second-order valence-corrected chi connectivity index (χ2v) is 4.92. The van der Waals surface area contributed by atoms with Crippen LogP contribution in [0.5, 0.6) is 11.5 Å². The van der Waals surface area contributed by atoms with Crippen LogP contribution in [-0.4, -0.2) is 36.1 Å². The lowest BCUT2D eigenvalue weighted by Crippen LogP contribution is -2.27. The van der Waals surface area contributed by atoms with Crippen molar-refractivity contribution in [3.05, 3.63) is 46.0 Å². The van der Waals surface area contributed by atoms with Gasteiger partial charge in [-0.15, -0.1) is 0 Å². The Bertz CT molecular complexity index is 773. The van der Waals surface area contributed by atoms with Gasteiger partial charge in [0.1, 0.15) is 11.6 Å². The first-order chi connectivity index (χ1) is 11.5. The Hall–Kier alpha value is -3.03. The van der Waals surface area contributed by atoms with Crippen LogP contribution in [0.15, 0.2) is 29.1 Å². The topological polar surface area (TPSA) is 119 Å². The quantitative estimate of drug-likeness (QED) is 0.688. The molecule has 8 nitrogen and oxygen atoms in total. The predicted octanol–water partition coefficient (Wildman–Crippen LogP) is 0.732. The fraction of sp³-hybridized carbons (Fsp3) is 0.312. The lowest BCUT2D eigenvalue weighted by Gasteiger charge is -2.11. The number of carbonyl (C=O) groups excluding carboxylic acids is 1. The molecular formula is C16H20N4O4. The van der Waals surface area contributed by atoms with Gasteiger partial charge in [-0.2, -0.15) is 0 Å². The minimum atomic E-state index is -0.319. The van der Waals surface area contributed by atoms with E-state index in [0.29, 0.717) is 42.5 Å². The molecule has 0 saturated heterocycles. The first-order valence-corrected chi connectivity index (χ1v) is 7.48. The summed E-state index contributed by atoms with van der Waals surface area (Å²) < 4.78 is 10.6. The second-order valence-electron chi connectivity index (χ2n) is 4.92. The summed E-state index contributed by atoms with van der Waals surface area (Å²) in [6.45, 7) is 2.68. The van der Waals surface area contributed by atoms with Crippen LogP contribution in [0.1, 0.15) is 23.1 Å². The van der Waals surface area contributed by atoms with Crippen LogP contribution >= 0.6 is 0 Å². The van der Waals surface area contributed by atoms with Crippen molar-refractivity contribution in [1.82, 2.24) is 15.3 Å². The number of nitrogen functional groups attached to an aromatic ring is 1. The molecule has 128 valence electrons. The van der Waals surface area contributed by atoms with E-state index in [-0.39, 0.29) is 17.3 Å². The third-order valence-corrected chi connectivity index (χ3v) is 3.18. The Labute approximate surface area is 139 Å². The number of rotatable bonds is 7. The summed E-state index contributed by atoms with van der Waals surface area (Å²) in [4.78, 5) is 30.0. The van der Waals surface area contributed by atoms with Crippen LogP contribution in [0, 0.1) is 0 Å². The van der Waals surface area contributed by atoms with E-state index in [1.807, 2.05) is 6.92 Å². The number of nitrogens with two attached hydrogens (primary N) is 1. The van der Waals surface area contributed by atoms with Gasteiger partial charge in [0.15, 0.2) is 11.5 Å². The van der Waals surface area contributed by atoms with Crippen molar-refractivity contribution in [2.45, 2.75) is 13.3 Å². The highest BCUT2D eigenvalue weighted by atomic mass is 16.5. The Morgan fingerprint density at radius 2 is 2.12 bits per heavy atom. The van der Waals surface area contributed by atoms with Crippen LogP contribution in [0.2, 0.25) is 0 Å². The highest BCUT2D eigenvalue weighted by molar-refractivity contribution is 5.94. The number of H-pyrrole nitrogens is 1. The van der Waals surface area contributed by atoms with Crippen LogP contribution in [0.3, 0.4) is 0 Å². The van der Waals surface area contributed by atoms with E-state index in [2.05, 4.69) is 15.3 Å². The average molecular weight is 332 g/mol. The molecule has 1 heterocycles. The molecule has 1 amide bonds. The Morgan fingerprint density at radius 3 is 2.79 bits per heavy atom. The van der Waals surface area contributed by atoms with Crippen molar-refractivity contribution < 1.29 is 14.3 Å². The van der Waals surface area contributed by atoms with Gasteiger partial charge in [-0.25, -0.2) is 4.98 Å². The number of benzene rings is 1. The third-order valence-electron chi connectivity index (χ3n) is 3.18. The summed E-state index contributed by atoms with van der Waals surface area (Å²) in [6, 6.07) is 6.16. The molecule has 1 aromatic heterocycles. The van der Waals surface area contributed by atoms with Crippen molar-refractivity contribution >= 4 is 11.7 Å². The molecule has 0 aliphatic carbocycles. The molecule has 2 aromatic rings. The highest BCUT2D eigenvalue weighted by Gasteiger charge is 2.11. The zero-order valence-electron chi connectivity index (χ0n) is 13.6. The van der Waals surface area contributed by atoms with Gasteiger partial charge in [-0.1, -0.05) is 0 Å². The molecule has 8 heteroatoms. The number of hydrogen-bond acceptors (Lipinski definition) is 6. The van der Waals surface area contributed by atoms with Gasteiger partial charge < -0.3 is 25.5 Å². The number of methoxy groups -OCH3 is 1. The predicted molar refractivity (Wildman–Crippen MR) is 89.5 cm³/mol. The monoisotopic (exact) mass is 332 g/mol. The molecule has 0 saturated carbocycles. The fourth-order valence-corrected chi connectivity index (χ4v) is 2.13. The summed E-state index contributed by atoms with van der Waals surface area (Å²) >= 11 is 0. The normalized spacial score (nSPS) is 10.2. The van der Waals surface area contributed by atoms with Crippen LogP contribution < -0.4 is 26.1 Å². The van der Waals surface area contributed by atoms with Crippen molar-refractivity contribution in [2.75, 3.05) is 26.0 Å². The summed E-state index contributed by atoms with van der Waals surface area (Å²) in [5, 5.41) is 2.75. The number of carbonyl (C=O) groups is 1. The third kappa shape index (κ3) is 4.48. The minimum absolute atomic E-state index is 0.149. The molecule has 0 aliphatic rings. The van der Waals surface area contributed by atoms with E-state index in [0.717, 1.165) is 0 Å². The number of anilines is 1. The minimum Gasteiger partial charge on any atom is -0.493 e. The Balaban J connectivity index is 1.98. The Morgan fingerprint density at radius 1 is 1.33 bits per heavy atom. The SMILES string of the molecule is CCOc1ccc(C(=O)NCCc2nc(N)cc(=O)[nH]2)cc1OC.